The van der Waals surface area contributed by atoms with Crippen molar-refractivity contribution >= 4 is 22.3 Å². The molecule has 0 saturated heterocycles. The monoisotopic (exact) mass is 404 g/mol. The number of nitrogens with zero attached hydrogens (tertiary/aromatic N) is 5. The first-order valence-corrected chi connectivity index (χ1v) is 9.64. The molecule has 1 N–H and O–H groups in total. The topological polar surface area (TPSA) is 77.2 Å². The Balaban J connectivity index is 1.64. The number of imidazole rings is 1. The van der Waals surface area contributed by atoms with Crippen molar-refractivity contribution in [2.45, 2.75) is 0 Å². The molecule has 30 heavy (non-hydrogen) atoms. The quantitative estimate of drug-likeness (QED) is 0.510. The van der Waals surface area contributed by atoms with Crippen LogP contribution >= 0.6 is 0 Å². The van der Waals surface area contributed by atoms with Crippen molar-refractivity contribution in [2.75, 3.05) is 32.6 Å². The Morgan fingerprint density at radius 1 is 1.17 bits per heavy atom. The molecule has 0 fully saturated rings. The summed E-state index contributed by atoms with van der Waals surface area (Å²) in [6.07, 6.45) is 7.07. The Morgan fingerprint density at radius 3 is 2.73 bits per heavy atom. The van der Waals surface area contributed by atoms with Gasteiger partial charge in [0, 0.05) is 49.2 Å². The van der Waals surface area contributed by atoms with E-state index in [1.165, 1.54) is 0 Å². The summed E-state index contributed by atoms with van der Waals surface area (Å²) in [5, 5.41) is 4.25. The van der Waals surface area contributed by atoms with Gasteiger partial charge in [0.1, 0.15) is 6.61 Å². The molecule has 4 rings (SSSR count). The highest BCUT2D eigenvalue weighted by atomic mass is 16.5. The van der Waals surface area contributed by atoms with E-state index in [-0.39, 0.29) is 5.56 Å². The fraction of sp³-hybridized carbons (Fsp3) is 0.227. The van der Waals surface area contributed by atoms with Gasteiger partial charge in [-0.05, 0) is 38.4 Å². The number of aromatic nitrogens is 4. The van der Waals surface area contributed by atoms with Crippen molar-refractivity contribution in [3.05, 3.63) is 71.7 Å². The minimum absolute atomic E-state index is 0.0861. The number of ether oxygens (including phenoxy) is 1. The Kier molecular flexibility index (Phi) is 5.49. The van der Waals surface area contributed by atoms with Gasteiger partial charge in [-0.1, -0.05) is 0 Å². The third kappa shape index (κ3) is 4.18. The lowest BCUT2D eigenvalue weighted by atomic mass is 10.1. The van der Waals surface area contributed by atoms with E-state index in [0.717, 1.165) is 34.5 Å². The number of hydrogen-bond acceptors (Lipinski definition) is 6. The van der Waals surface area contributed by atoms with Crippen molar-refractivity contribution in [3.8, 4) is 11.6 Å². The predicted octanol–water partition coefficient (Wildman–Crippen LogP) is 2.80. The second-order valence-electron chi connectivity index (χ2n) is 7.29. The van der Waals surface area contributed by atoms with Gasteiger partial charge in [-0.25, -0.2) is 9.97 Å². The summed E-state index contributed by atoms with van der Waals surface area (Å²) in [6, 6.07) is 11.2. The van der Waals surface area contributed by atoms with Gasteiger partial charge in [0.2, 0.25) is 5.88 Å². The molecule has 0 saturated carbocycles. The van der Waals surface area contributed by atoms with Gasteiger partial charge in [-0.3, -0.25) is 4.79 Å². The first-order chi connectivity index (χ1) is 14.5. The summed E-state index contributed by atoms with van der Waals surface area (Å²) < 4.78 is 9.20. The molecule has 0 aliphatic carbocycles. The van der Waals surface area contributed by atoms with Crippen molar-refractivity contribution in [3.63, 3.8) is 0 Å². The van der Waals surface area contributed by atoms with Crippen LogP contribution in [-0.4, -0.2) is 51.2 Å². The molecule has 0 radical (unpaired) electrons. The minimum Gasteiger partial charge on any atom is -0.476 e. The molecule has 0 spiro atoms. The van der Waals surface area contributed by atoms with E-state index in [0.29, 0.717) is 12.5 Å². The van der Waals surface area contributed by atoms with Gasteiger partial charge in [0.15, 0.2) is 0 Å². The number of pyridine rings is 2. The largest absolute Gasteiger partial charge is 0.476 e. The fourth-order valence-electron chi connectivity index (χ4n) is 3.15. The van der Waals surface area contributed by atoms with Gasteiger partial charge in [-0.15, -0.1) is 0 Å². The first kappa shape index (κ1) is 19.7. The second kappa shape index (κ2) is 8.38. The average molecular weight is 404 g/mol. The smallest absolute Gasteiger partial charge is 0.252 e. The van der Waals surface area contributed by atoms with Gasteiger partial charge in [-0.2, -0.15) is 0 Å². The number of rotatable bonds is 7. The first-order valence-electron chi connectivity index (χ1n) is 9.64. The molecule has 8 nitrogen and oxygen atoms in total. The zero-order valence-corrected chi connectivity index (χ0v) is 17.2. The highest BCUT2D eigenvalue weighted by molar-refractivity contribution is 5.94. The van der Waals surface area contributed by atoms with Crippen LogP contribution < -0.4 is 15.6 Å². The molecule has 3 heterocycles. The Hall–Kier alpha value is -3.65. The van der Waals surface area contributed by atoms with Gasteiger partial charge < -0.3 is 24.1 Å². The molecule has 0 bridgehead atoms. The fourth-order valence-corrected chi connectivity index (χ4v) is 3.15. The molecule has 8 heteroatoms. The number of aryl methyl sites for hydroxylation is 1. The van der Waals surface area contributed by atoms with Crippen LogP contribution in [0.5, 0.6) is 5.88 Å². The van der Waals surface area contributed by atoms with Crippen LogP contribution in [0.1, 0.15) is 0 Å². The van der Waals surface area contributed by atoms with Crippen LogP contribution in [0.3, 0.4) is 0 Å². The third-order valence-electron chi connectivity index (χ3n) is 4.84. The molecular weight excluding hydrogens is 380 g/mol. The summed E-state index contributed by atoms with van der Waals surface area (Å²) >= 11 is 0. The van der Waals surface area contributed by atoms with Crippen LogP contribution in [0.15, 0.2) is 66.1 Å². The summed E-state index contributed by atoms with van der Waals surface area (Å²) in [4.78, 5) is 23.0. The number of fused-ring (bicyclic) bond motifs is 1. The average Bonchev–Trinajstić information content (AvgIpc) is 3.27. The van der Waals surface area contributed by atoms with E-state index in [4.69, 9.17) is 4.74 Å². The van der Waals surface area contributed by atoms with Crippen LogP contribution in [0.4, 0.5) is 11.4 Å². The summed E-state index contributed by atoms with van der Waals surface area (Å²) in [5.41, 5.74) is 3.21. The molecule has 4 aromatic rings. The van der Waals surface area contributed by atoms with E-state index >= 15 is 0 Å². The van der Waals surface area contributed by atoms with Gasteiger partial charge in [0.05, 0.1) is 29.4 Å². The van der Waals surface area contributed by atoms with Crippen molar-refractivity contribution in [1.82, 2.24) is 24.0 Å². The normalized spacial score (nSPS) is 11.2. The van der Waals surface area contributed by atoms with Crippen LogP contribution in [0, 0.1) is 0 Å². The lowest BCUT2D eigenvalue weighted by Crippen LogP contribution is -2.19. The predicted molar refractivity (Wildman–Crippen MR) is 118 cm³/mol. The molecule has 0 aliphatic rings. The molecule has 0 atom stereocenters. The highest BCUT2D eigenvalue weighted by Crippen LogP contribution is 2.27. The van der Waals surface area contributed by atoms with Gasteiger partial charge in [0.25, 0.3) is 5.56 Å². The Labute approximate surface area is 174 Å². The molecule has 154 valence electrons. The molecule has 1 aromatic carbocycles. The van der Waals surface area contributed by atoms with Crippen molar-refractivity contribution in [2.24, 2.45) is 7.05 Å². The molecule has 0 aliphatic heterocycles. The Morgan fingerprint density at radius 2 is 2.03 bits per heavy atom. The number of benzene rings is 1. The lowest BCUT2D eigenvalue weighted by molar-refractivity contribution is 0.254. The number of hydrogen-bond donors (Lipinski definition) is 1. The Bertz CT molecular complexity index is 1200. The summed E-state index contributed by atoms with van der Waals surface area (Å²) in [7, 11) is 5.76. The molecule has 0 amide bonds. The SMILES string of the molecule is CN(C)CCOc1ccc(Nc2cc(=O)n(C)c3ccc(-n4ccnc4)cc23)cn1. The maximum atomic E-state index is 12.5. The molecule has 0 unspecified atom stereocenters. The maximum absolute atomic E-state index is 12.5. The maximum Gasteiger partial charge on any atom is 0.252 e. The van der Waals surface area contributed by atoms with Crippen molar-refractivity contribution in [1.29, 1.82) is 0 Å². The van der Waals surface area contributed by atoms with E-state index in [1.807, 2.05) is 55.2 Å². The van der Waals surface area contributed by atoms with E-state index < -0.39 is 0 Å². The van der Waals surface area contributed by atoms with Crippen LogP contribution in [-0.2, 0) is 7.05 Å². The summed E-state index contributed by atoms with van der Waals surface area (Å²) in [5.74, 6) is 0.568. The summed E-state index contributed by atoms with van der Waals surface area (Å²) in [6.45, 7) is 1.39. The van der Waals surface area contributed by atoms with Crippen molar-refractivity contribution < 1.29 is 4.74 Å². The molecule has 3 aromatic heterocycles. The number of nitrogens with one attached hydrogen (secondary N) is 1. The van der Waals surface area contributed by atoms with Gasteiger partial charge >= 0.3 is 0 Å². The molecular formula is C22H24N6O2. The van der Waals surface area contributed by atoms with E-state index in [2.05, 4.69) is 20.2 Å². The standard InChI is InChI=1S/C22H24N6O2/c1-26(2)10-11-30-21-7-4-16(14-24-21)25-19-13-22(29)27(3)20-6-5-17(12-18(19)20)28-9-8-23-15-28/h4-9,12-15,25H,10-11H2,1-3H3. The highest BCUT2D eigenvalue weighted by Gasteiger charge is 2.09. The van der Waals surface area contributed by atoms with E-state index in [1.54, 1.807) is 36.4 Å². The van der Waals surface area contributed by atoms with Crippen LogP contribution in [0.25, 0.3) is 16.6 Å². The zero-order chi connectivity index (χ0) is 21.1. The van der Waals surface area contributed by atoms with Crippen LogP contribution in [0.2, 0.25) is 0 Å². The third-order valence-corrected chi connectivity index (χ3v) is 4.84. The number of likely N-dealkylation sites (N-methyl/N-ethyl adjacent to an activating group) is 1. The number of anilines is 2. The zero-order valence-electron chi connectivity index (χ0n) is 17.2. The minimum atomic E-state index is -0.0861. The second-order valence-corrected chi connectivity index (χ2v) is 7.29. The van der Waals surface area contributed by atoms with E-state index in [9.17, 15) is 4.79 Å². The lowest BCUT2D eigenvalue weighted by Gasteiger charge is -2.14.